The highest BCUT2D eigenvalue weighted by Gasteiger charge is 2.36. The highest BCUT2D eigenvalue weighted by molar-refractivity contribution is 5.88. The zero-order valence-corrected chi connectivity index (χ0v) is 11.4. The van der Waals surface area contributed by atoms with Gasteiger partial charge in [0, 0.05) is 25.9 Å². The van der Waals surface area contributed by atoms with Crippen molar-refractivity contribution in [2.45, 2.75) is 31.4 Å². The molecule has 3 atom stereocenters. The lowest BCUT2D eigenvalue weighted by atomic mass is 9.98. The number of amides is 1. The molecule has 102 valence electrons. The van der Waals surface area contributed by atoms with Gasteiger partial charge in [-0.1, -0.05) is 18.2 Å². The largest absolute Gasteiger partial charge is 0.384 e. The number of fused-ring (bicyclic) bond motifs is 1. The van der Waals surface area contributed by atoms with E-state index in [1.54, 1.807) is 0 Å². The third kappa shape index (κ3) is 2.10. The van der Waals surface area contributed by atoms with Crippen LogP contribution in [0, 0.1) is 0 Å². The van der Waals surface area contributed by atoms with Crippen LogP contribution < -0.4 is 5.32 Å². The smallest absolute Gasteiger partial charge is 0.232 e. The first-order chi connectivity index (χ1) is 9.18. The molecule has 0 bridgehead atoms. The molecule has 0 radical (unpaired) electrons. The van der Waals surface area contributed by atoms with Crippen LogP contribution in [0.25, 0.3) is 0 Å². The summed E-state index contributed by atoms with van der Waals surface area (Å²) in [6, 6.07) is 8.27. The third-order valence-corrected chi connectivity index (χ3v) is 4.31. The molecular formula is C15H20N2O2. The predicted octanol–water partition coefficient (Wildman–Crippen LogP) is 1.83. The molecule has 4 heteroatoms. The highest BCUT2D eigenvalue weighted by atomic mass is 16.5. The van der Waals surface area contributed by atoms with Crippen LogP contribution in [0.15, 0.2) is 24.3 Å². The molecule has 0 aliphatic carbocycles. The SMILES string of the molecule is CC1OCCC1N(C)C(=O)C1CNc2ccccc21. The molecule has 1 aromatic rings. The summed E-state index contributed by atoms with van der Waals surface area (Å²) in [4.78, 5) is 14.6. The number of likely N-dealkylation sites (N-methyl/N-ethyl adjacent to an activating group) is 1. The van der Waals surface area contributed by atoms with Crippen LogP contribution in [0.2, 0.25) is 0 Å². The molecule has 2 aliphatic rings. The van der Waals surface area contributed by atoms with Crippen molar-refractivity contribution in [1.29, 1.82) is 0 Å². The number of carbonyl (C=O) groups is 1. The van der Waals surface area contributed by atoms with E-state index in [1.807, 2.05) is 43.1 Å². The molecule has 1 N–H and O–H groups in total. The van der Waals surface area contributed by atoms with Gasteiger partial charge >= 0.3 is 0 Å². The van der Waals surface area contributed by atoms with Crippen molar-refractivity contribution in [1.82, 2.24) is 4.90 Å². The lowest BCUT2D eigenvalue weighted by Crippen LogP contribution is -2.43. The minimum atomic E-state index is -0.0611. The number of hydrogen-bond donors (Lipinski definition) is 1. The Labute approximate surface area is 113 Å². The molecule has 2 aliphatic heterocycles. The van der Waals surface area contributed by atoms with Gasteiger partial charge in [0.25, 0.3) is 0 Å². The minimum absolute atomic E-state index is 0.0611. The van der Waals surface area contributed by atoms with Crippen molar-refractivity contribution < 1.29 is 9.53 Å². The number of nitrogens with one attached hydrogen (secondary N) is 1. The molecule has 1 amide bonds. The Morgan fingerprint density at radius 2 is 2.21 bits per heavy atom. The Morgan fingerprint density at radius 1 is 1.42 bits per heavy atom. The fraction of sp³-hybridized carbons (Fsp3) is 0.533. The van der Waals surface area contributed by atoms with Crippen molar-refractivity contribution >= 4 is 11.6 Å². The van der Waals surface area contributed by atoms with Crippen LogP contribution in [-0.4, -0.2) is 43.2 Å². The number of rotatable bonds is 2. The van der Waals surface area contributed by atoms with Crippen molar-refractivity contribution in [3.8, 4) is 0 Å². The Bertz CT molecular complexity index is 489. The summed E-state index contributed by atoms with van der Waals surface area (Å²) in [6.07, 6.45) is 1.07. The third-order valence-electron chi connectivity index (χ3n) is 4.31. The summed E-state index contributed by atoms with van der Waals surface area (Å²) in [6.45, 7) is 3.50. The maximum absolute atomic E-state index is 12.7. The maximum atomic E-state index is 12.7. The monoisotopic (exact) mass is 260 g/mol. The zero-order valence-electron chi connectivity index (χ0n) is 11.4. The van der Waals surface area contributed by atoms with E-state index in [4.69, 9.17) is 4.74 Å². The van der Waals surface area contributed by atoms with Crippen molar-refractivity contribution in [2.75, 3.05) is 25.5 Å². The molecule has 1 aromatic carbocycles. The fourth-order valence-electron chi connectivity index (χ4n) is 3.14. The van der Waals surface area contributed by atoms with E-state index in [-0.39, 0.29) is 24.0 Å². The summed E-state index contributed by atoms with van der Waals surface area (Å²) < 4.78 is 5.56. The number of ether oxygens (including phenoxy) is 1. The molecule has 1 fully saturated rings. The number of anilines is 1. The van der Waals surface area contributed by atoms with Gasteiger partial charge in [-0.15, -0.1) is 0 Å². The van der Waals surface area contributed by atoms with Gasteiger partial charge < -0.3 is 15.0 Å². The molecule has 3 rings (SSSR count). The Kier molecular flexibility index (Phi) is 3.19. The van der Waals surface area contributed by atoms with E-state index >= 15 is 0 Å². The van der Waals surface area contributed by atoms with E-state index in [0.29, 0.717) is 6.54 Å². The van der Waals surface area contributed by atoms with Crippen molar-refractivity contribution in [2.24, 2.45) is 0 Å². The fourth-order valence-corrected chi connectivity index (χ4v) is 3.14. The predicted molar refractivity (Wildman–Crippen MR) is 74.3 cm³/mol. The lowest BCUT2D eigenvalue weighted by molar-refractivity contribution is -0.134. The number of carbonyl (C=O) groups excluding carboxylic acids is 1. The topological polar surface area (TPSA) is 41.6 Å². The first-order valence-corrected chi connectivity index (χ1v) is 6.89. The average Bonchev–Trinajstić information content (AvgIpc) is 3.03. The summed E-state index contributed by atoms with van der Waals surface area (Å²) in [5.41, 5.74) is 2.20. The second-order valence-electron chi connectivity index (χ2n) is 5.40. The summed E-state index contributed by atoms with van der Waals surface area (Å²) in [5, 5.41) is 3.31. The first-order valence-electron chi connectivity index (χ1n) is 6.89. The quantitative estimate of drug-likeness (QED) is 0.882. The molecule has 0 spiro atoms. The lowest BCUT2D eigenvalue weighted by Gasteiger charge is -2.29. The number of benzene rings is 1. The van der Waals surface area contributed by atoms with Crippen molar-refractivity contribution in [3.63, 3.8) is 0 Å². The summed E-state index contributed by atoms with van der Waals surface area (Å²) in [7, 11) is 1.90. The Morgan fingerprint density at radius 3 is 2.95 bits per heavy atom. The maximum Gasteiger partial charge on any atom is 0.232 e. The van der Waals surface area contributed by atoms with Gasteiger partial charge in [-0.2, -0.15) is 0 Å². The van der Waals surface area contributed by atoms with E-state index in [2.05, 4.69) is 5.32 Å². The molecule has 2 heterocycles. The minimum Gasteiger partial charge on any atom is -0.384 e. The molecule has 0 aromatic heterocycles. The molecular weight excluding hydrogens is 240 g/mol. The number of para-hydroxylation sites is 1. The van der Waals surface area contributed by atoms with Crippen LogP contribution in [-0.2, 0) is 9.53 Å². The standard InChI is InChI=1S/C15H20N2O2/c1-10-14(7-8-19-10)17(2)15(18)12-9-16-13-6-4-3-5-11(12)13/h3-6,10,12,14,16H,7-9H2,1-2H3. The number of hydrogen-bond acceptors (Lipinski definition) is 3. The van der Waals surface area contributed by atoms with Gasteiger partial charge in [0.15, 0.2) is 0 Å². The zero-order chi connectivity index (χ0) is 13.4. The van der Waals surface area contributed by atoms with Crippen LogP contribution in [0.4, 0.5) is 5.69 Å². The summed E-state index contributed by atoms with van der Waals surface area (Å²) in [5.74, 6) is 0.133. The second kappa shape index (κ2) is 4.85. The van der Waals surface area contributed by atoms with Crippen LogP contribution in [0.5, 0.6) is 0 Å². The Balaban J connectivity index is 1.78. The summed E-state index contributed by atoms with van der Waals surface area (Å²) >= 11 is 0. The van der Waals surface area contributed by atoms with E-state index in [9.17, 15) is 4.79 Å². The van der Waals surface area contributed by atoms with E-state index in [1.165, 1.54) is 0 Å². The van der Waals surface area contributed by atoms with Crippen LogP contribution >= 0.6 is 0 Å². The van der Waals surface area contributed by atoms with E-state index in [0.717, 1.165) is 24.3 Å². The van der Waals surface area contributed by atoms with Gasteiger partial charge in [-0.3, -0.25) is 4.79 Å². The number of nitrogens with zero attached hydrogens (tertiary/aromatic N) is 1. The van der Waals surface area contributed by atoms with Gasteiger partial charge in [-0.25, -0.2) is 0 Å². The van der Waals surface area contributed by atoms with Crippen molar-refractivity contribution in [3.05, 3.63) is 29.8 Å². The Hall–Kier alpha value is -1.55. The van der Waals surface area contributed by atoms with Gasteiger partial charge in [0.1, 0.15) is 0 Å². The molecule has 3 unspecified atom stereocenters. The van der Waals surface area contributed by atoms with Crippen LogP contribution in [0.3, 0.4) is 0 Å². The molecule has 1 saturated heterocycles. The second-order valence-corrected chi connectivity index (χ2v) is 5.40. The normalized spacial score (nSPS) is 28.8. The van der Waals surface area contributed by atoms with E-state index < -0.39 is 0 Å². The highest BCUT2D eigenvalue weighted by Crippen LogP contribution is 2.33. The van der Waals surface area contributed by atoms with Gasteiger partial charge in [-0.05, 0) is 25.0 Å². The molecule has 19 heavy (non-hydrogen) atoms. The average molecular weight is 260 g/mol. The molecule has 4 nitrogen and oxygen atoms in total. The van der Waals surface area contributed by atoms with Crippen LogP contribution in [0.1, 0.15) is 24.8 Å². The molecule has 0 saturated carbocycles. The van der Waals surface area contributed by atoms with Gasteiger partial charge in [0.2, 0.25) is 5.91 Å². The van der Waals surface area contributed by atoms with Gasteiger partial charge in [0.05, 0.1) is 18.1 Å². The first kappa shape index (κ1) is 12.5.